The Hall–Kier alpha value is -2.29. The van der Waals surface area contributed by atoms with E-state index in [1.165, 1.54) is 11.3 Å². The maximum atomic E-state index is 12.2. The monoisotopic (exact) mass is 459 g/mol. The number of nitrogens with one attached hydrogen (secondary N) is 1. The predicted molar refractivity (Wildman–Crippen MR) is 112 cm³/mol. The molecule has 4 rings (SSSR count). The lowest BCUT2D eigenvalue weighted by Gasteiger charge is -2.09. The highest BCUT2D eigenvalue weighted by Crippen LogP contribution is 2.32. The van der Waals surface area contributed by atoms with Crippen molar-refractivity contribution in [2.24, 2.45) is 0 Å². The lowest BCUT2D eigenvalue weighted by molar-refractivity contribution is -0.118. The van der Waals surface area contributed by atoms with Crippen molar-refractivity contribution in [3.63, 3.8) is 0 Å². The van der Waals surface area contributed by atoms with E-state index in [0.717, 1.165) is 40.1 Å². The largest absolute Gasteiger partial charge is 0.483 e. The van der Waals surface area contributed by atoms with Crippen LogP contribution in [0, 0.1) is 0 Å². The minimum Gasteiger partial charge on any atom is -0.483 e. The number of aromatic nitrogens is 2. The molecule has 2 aromatic carbocycles. The van der Waals surface area contributed by atoms with Crippen LogP contribution in [0.5, 0.6) is 5.75 Å². The summed E-state index contributed by atoms with van der Waals surface area (Å²) in [7, 11) is 0. The van der Waals surface area contributed by atoms with Gasteiger partial charge in [-0.05, 0) is 52.0 Å². The van der Waals surface area contributed by atoms with Gasteiger partial charge in [0.2, 0.25) is 5.13 Å². The minimum absolute atomic E-state index is 0.00140. The van der Waals surface area contributed by atoms with Crippen molar-refractivity contribution in [1.82, 2.24) is 10.2 Å². The Morgan fingerprint density at radius 3 is 2.82 bits per heavy atom. The van der Waals surface area contributed by atoms with Gasteiger partial charge in [-0.2, -0.15) is 0 Å². The van der Waals surface area contributed by atoms with E-state index in [-0.39, 0.29) is 18.6 Å². The zero-order chi connectivity index (χ0) is 19.3. The van der Waals surface area contributed by atoms with Gasteiger partial charge in [-0.25, -0.2) is 0 Å². The van der Waals surface area contributed by atoms with Crippen LogP contribution in [0.4, 0.5) is 5.13 Å². The molecule has 2 heterocycles. The summed E-state index contributed by atoms with van der Waals surface area (Å²) in [5, 5.41) is 12.1. The number of hydrogen-bond acceptors (Lipinski definition) is 6. The fourth-order valence-corrected chi connectivity index (χ4v) is 4.25. The molecule has 28 heavy (non-hydrogen) atoms. The number of benzene rings is 2. The third-order valence-corrected chi connectivity index (χ3v) is 5.84. The molecule has 8 heteroatoms. The molecule has 3 aromatic rings. The van der Waals surface area contributed by atoms with Crippen LogP contribution in [0.3, 0.4) is 0 Å². The second kappa shape index (κ2) is 8.81. The van der Waals surface area contributed by atoms with Crippen LogP contribution in [0.15, 0.2) is 53.0 Å². The highest BCUT2D eigenvalue weighted by molar-refractivity contribution is 9.10. The van der Waals surface area contributed by atoms with E-state index in [9.17, 15) is 4.79 Å². The molecular weight excluding hydrogens is 442 g/mol. The van der Waals surface area contributed by atoms with Crippen LogP contribution in [-0.2, 0) is 9.53 Å². The fourth-order valence-electron chi connectivity index (χ4n) is 2.91. The Balaban J connectivity index is 1.33. The molecule has 0 radical (unpaired) electrons. The first-order valence-corrected chi connectivity index (χ1v) is 10.5. The Morgan fingerprint density at radius 2 is 2.07 bits per heavy atom. The highest BCUT2D eigenvalue weighted by Gasteiger charge is 2.22. The Bertz CT molecular complexity index is 958. The number of nitrogens with zero attached hydrogens (tertiary/aromatic N) is 2. The van der Waals surface area contributed by atoms with Gasteiger partial charge in [0.05, 0.1) is 4.47 Å². The van der Waals surface area contributed by atoms with Crippen molar-refractivity contribution in [3.8, 4) is 16.9 Å². The van der Waals surface area contributed by atoms with Crippen molar-refractivity contribution in [1.29, 1.82) is 0 Å². The first-order valence-electron chi connectivity index (χ1n) is 8.91. The molecule has 1 fully saturated rings. The summed E-state index contributed by atoms with van der Waals surface area (Å²) in [6.07, 6.45) is 1.97. The zero-order valence-corrected chi connectivity index (χ0v) is 17.3. The molecule has 6 nitrogen and oxygen atoms in total. The highest BCUT2D eigenvalue weighted by atomic mass is 79.9. The summed E-state index contributed by atoms with van der Waals surface area (Å²) < 4.78 is 12.0. The van der Waals surface area contributed by atoms with E-state index < -0.39 is 0 Å². The number of rotatable bonds is 6. The number of amides is 1. The predicted octanol–water partition coefficient (Wildman–Crippen LogP) is 4.84. The van der Waals surface area contributed by atoms with Crippen molar-refractivity contribution in [3.05, 3.63) is 58.0 Å². The van der Waals surface area contributed by atoms with E-state index in [1.54, 1.807) is 0 Å². The fraction of sp³-hybridized carbons (Fsp3) is 0.250. The summed E-state index contributed by atoms with van der Waals surface area (Å²) >= 11 is 4.85. The average molecular weight is 460 g/mol. The normalized spacial score (nSPS) is 16.1. The summed E-state index contributed by atoms with van der Waals surface area (Å²) in [5.41, 5.74) is 2.19. The molecule has 0 spiro atoms. The van der Waals surface area contributed by atoms with Crippen LogP contribution in [0.25, 0.3) is 11.1 Å². The molecule has 1 N–H and O–H groups in total. The van der Waals surface area contributed by atoms with Gasteiger partial charge in [-0.3, -0.25) is 10.1 Å². The topological polar surface area (TPSA) is 73.3 Å². The van der Waals surface area contributed by atoms with Gasteiger partial charge < -0.3 is 9.47 Å². The van der Waals surface area contributed by atoms with Gasteiger partial charge in [0.1, 0.15) is 16.9 Å². The number of carbonyl (C=O) groups is 1. The van der Waals surface area contributed by atoms with Crippen molar-refractivity contribution in [2.45, 2.75) is 18.9 Å². The van der Waals surface area contributed by atoms with Gasteiger partial charge in [-0.1, -0.05) is 47.7 Å². The van der Waals surface area contributed by atoms with E-state index in [0.29, 0.717) is 10.9 Å². The lowest BCUT2D eigenvalue weighted by atomic mass is 10.1. The molecular formula is C20H18BrN3O3S. The number of carbonyl (C=O) groups excluding carboxylic acids is 1. The van der Waals surface area contributed by atoms with Crippen molar-refractivity contribution < 1.29 is 14.3 Å². The summed E-state index contributed by atoms with van der Waals surface area (Å²) in [5.74, 6) is 0.321. The maximum absolute atomic E-state index is 12.2. The molecule has 0 bridgehead atoms. The number of anilines is 1. The SMILES string of the molecule is O=C(COc1ccc(-c2ccccc2)cc1Br)Nc1nnc(C2CCCO2)s1. The van der Waals surface area contributed by atoms with Crippen LogP contribution in [0.2, 0.25) is 0 Å². The van der Waals surface area contributed by atoms with E-state index in [4.69, 9.17) is 9.47 Å². The summed E-state index contributed by atoms with van der Waals surface area (Å²) in [4.78, 5) is 12.2. The van der Waals surface area contributed by atoms with Crippen LogP contribution in [0.1, 0.15) is 24.0 Å². The molecule has 1 amide bonds. The van der Waals surface area contributed by atoms with Crippen LogP contribution in [-0.4, -0.2) is 29.3 Å². The first kappa shape index (κ1) is 19.0. The Morgan fingerprint density at radius 1 is 1.21 bits per heavy atom. The van der Waals surface area contributed by atoms with E-state index >= 15 is 0 Å². The number of halogens is 1. The van der Waals surface area contributed by atoms with Gasteiger partial charge in [0.15, 0.2) is 6.61 Å². The smallest absolute Gasteiger partial charge is 0.264 e. The maximum Gasteiger partial charge on any atom is 0.264 e. The molecule has 1 aromatic heterocycles. The third kappa shape index (κ3) is 4.57. The standard InChI is InChI=1S/C20H18BrN3O3S/c21-15-11-14(13-5-2-1-3-6-13)8-9-16(15)27-12-18(25)22-20-24-23-19(28-20)17-7-4-10-26-17/h1-3,5-6,8-9,11,17H,4,7,10,12H2,(H,22,24,25). The summed E-state index contributed by atoms with van der Waals surface area (Å²) in [6, 6.07) is 15.8. The second-order valence-corrected chi connectivity index (χ2v) is 8.16. The minimum atomic E-state index is -0.283. The third-order valence-electron chi connectivity index (χ3n) is 4.29. The van der Waals surface area contributed by atoms with E-state index in [1.807, 2.05) is 48.5 Å². The Kier molecular flexibility index (Phi) is 5.99. The molecule has 1 atom stereocenters. The molecule has 0 saturated carbocycles. The lowest BCUT2D eigenvalue weighted by Crippen LogP contribution is -2.20. The Labute approximate surface area is 175 Å². The van der Waals surface area contributed by atoms with Crippen molar-refractivity contribution in [2.75, 3.05) is 18.5 Å². The molecule has 0 aliphatic carbocycles. The molecule has 1 aliphatic rings. The first-order chi connectivity index (χ1) is 13.7. The quantitative estimate of drug-likeness (QED) is 0.570. The molecule has 1 unspecified atom stereocenters. The van der Waals surface area contributed by atoms with Gasteiger partial charge in [-0.15, -0.1) is 10.2 Å². The summed E-state index contributed by atoms with van der Waals surface area (Å²) in [6.45, 7) is 0.635. The average Bonchev–Trinajstić information content (AvgIpc) is 3.39. The molecule has 1 saturated heterocycles. The van der Waals surface area contributed by atoms with Crippen LogP contribution >= 0.6 is 27.3 Å². The van der Waals surface area contributed by atoms with E-state index in [2.05, 4.69) is 31.4 Å². The number of ether oxygens (including phenoxy) is 2. The van der Waals surface area contributed by atoms with Gasteiger partial charge >= 0.3 is 0 Å². The van der Waals surface area contributed by atoms with Gasteiger partial charge in [0, 0.05) is 6.61 Å². The van der Waals surface area contributed by atoms with Gasteiger partial charge in [0.25, 0.3) is 5.91 Å². The molecule has 1 aliphatic heterocycles. The van der Waals surface area contributed by atoms with Crippen molar-refractivity contribution >= 4 is 38.3 Å². The van der Waals surface area contributed by atoms with Crippen LogP contribution < -0.4 is 10.1 Å². The molecule has 144 valence electrons. The number of hydrogen-bond donors (Lipinski definition) is 1. The second-order valence-electron chi connectivity index (χ2n) is 6.30. The zero-order valence-electron chi connectivity index (χ0n) is 14.9.